The fourth-order valence-corrected chi connectivity index (χ4v) is 3.68. The van der Waals surface area contributed by atoms with Crippen LogP contribution in [0.5, 0.6) is 0 Å². The van der Waals surface area contributed by atoms with Crippen LogP contribution in [0.15, 0.2) is 48.9 Å². The van der Waals surface area contributed by atoms with Crippen molar-refractivity contribution in [2.75, 3.05) is 12.3 Å². The molecule has 0 spiro atoms. The minimum Gasteiger partial charge on any atom is -0.397 e. The number of nitrogens with one attached hydrogen (secondary N) is 1. The van der Waals surface area contributed by atoms with Crippen LogP contribution < -0.4 is 11.1 Å². The number of benzene rings is 1. The minimum atomic E-state index is -0.0217. The molecule has 0 aliphatic heterocycles. The van der Waals surface area contributed by atoms with Crippen molar-refractivity contribution in [3.63, 3.8) is 0 Å². The largest absolute Gasteiger partial charge is 0.397 e. The molecule has 0 radical (unpaired) electrons. The van der Waals surface area contributed by atoms with Crippen molar-refractivity contribution in [1.29, 1.82) is 0 Å². The van der Waals surface area contributed by atoms with Crippen molar-refractivity contribution in [2.24, 2.45) is 11.8 Å². The first-order chi connectivity index (χ1) is 13.6. The van der Waals surface area contributed by atoms with Crippen molar-refractivity contribution < 1.29 is 4.79 Å². The van der Waals surface area contributed by atoms with E-state index in [9.17, 15) is 4.79 Å². The standard InChI is InChI=1S/C21H24N6O/c1-14-5-16(6-14)9-24-21(28)17-4-2-3-15(7-17)12-27-13-20(25-26-27)18-8-19(22)11-23-10-18/h2-4,7-8,10-11,13-14,16H,5-6,9,12,22H2,1H3,(H,24,28). The molecule has 7 nitrogen and oxygen atoms in total. The van der Waals surface area contributed by atoms with Crippen LogP contribution in [0, 0.1) is 11.8 Å². The predicted octanol–water partition coefficient (Wildman–Crippen LogP) is 2.75. The summed E-state index contributed by atoms with van der Waals surface area (Å²) in [5, 5.41) is 11.4. The van der Waals surface area contributed by atoms with Gasteiger partial charge in [0, 0.05) is 30.1 Å². The molecule has 0 bridgehead atoms. The van der Waals surface area contributed by atoms with Crippen molar-refractivity contribution in [2.45, 2.75) is 26.3 Å². The summed E-state index contributed by atoms with van der Waals surface area (Å²) in [6, 6.07) is 9.44. The third-order valence-corrected chi connectivity index (χ3v) is 5.15. The summed E-state index contributed by atoms with van der Waals surface area (Å²) in [6.07, 6.45) is 7.56. The van der Waals surface area contributed by atoms with E-state index in [1.807, 2.05) is 36.5 Å². The number of nitrogens with zero attached hydrogens (tertiary/aromatic N) is 4. The van der Waals surface area contributed by atoms with Crippen LogP contribution >= 0.6 is 0 Å². The van der Waals surface area contributed by atoms with E-state index in [-0.39, 0.29) is 5.91 Å². The van der Waals surface area contributed by atoms with Gasteiger partial charge in [0.15, 0.2) is 0 Å². The van der Waals surface area contributed by atoms with Gasteiger partial charge in [-0.05, 0) is 48.4 Å². The molecule has 1 saturated carbocycles. The smallest absolute Gasteiger partial charge is 0.251 e. The molecule has 0 atom stereocenters. The lowest BCUT2D eigenvalue weighted by Gasteiger charge is -2.32. The minimum absolute atomic E-state index is 0.0217. The highest BCUT2D eigenvalue weighted by Gasteiger charge is 2.25. The van der Waals surface area contributed by atoms with Gasteiger partial charge in [-0.2, -0.15) is 0 Å². The Morgan fingerprint density at radius 1 is 1.29 bits per heavy atom. The van der Waals surface area contributed by atoms with Crippen LogP contribution in [-0.4, -0.2) is 32.4 Å². The molecule has 1 fully saturated rings. The molecule has 3 N–H and O–H groups in total. The normalized spacial score (nSPS) is 18.5. The highest BCUT2D eigenvalue weighted by atomic mass is 16.1. The Bertz CT molecular complexity index is 976. The Labute approximate surface area is 164 Å². The van der Waals surface area contributed by atoms with E-state index in [0.29, 0.717) is 29.4 Å². The second kappa shape index (κ2) is 7.80. The topological polar surface area (TPSA) is 98.7 Å². The Balaban J connectivity index is 1.40. The number of carbonyl (C=O) groups is 1. The van der Waals surface area contributed by atoms with E-state index in [0.717, 1.165) is 23.6 Å². The van der Waals surface area contributed by atoms with Gasteiger partial charge in [0.2, 0.25) is 0 Å². The summed E-state index contributed by atoms with van der Waals surface area (Å²) in [4.78, 5) is 16.5. The molecule has 4 rings (SSSR count). The Morgan fingerprint density at radius 3 is 2.93 bits per heavy atom. The zero-order valence-electron chi connectivity index (χ0n) is 15.9. The molecule has 1 aliphatic carbocycles. The molecule has 7 heteroatoms. The van der Waals surface area contributed by atoms with Crippen molar-refractivity contribution in [3.05, 3.63) is 60.0 Å². The Hall–Kier alpha value is -3.22. The maximum absolute atomic E-state index is 12.4. The van der Waals surface area contributed by atoms with Gasteiger partial charge in [0.05, 0.1) is 18.4 Å². The van der Waals surface area contributed by atoms with Crippen LogP contribution in [0.1, 0.15) is 35.7 Å². The lowest BCUT2D eigenvalue weighted by atomic mass is 9.76. The molecular formula is C21H24N6O. The van der Waals surface area contributed by atoms with Gasteiger partial charge in [-0.25, -0.2) is 4.68 Å². The first-order valence-corrected chi connectivity index (χ1v) is 9.55. The van der Waals surface area contributed by atoms with Crippen molar-refractivity contribution in [3.8, 4) is 11.3 Å². The van der Waals surface area contributed by atoms with Crippen molar-refractivity contribution >= 4 is 11.6 Å². The SMILES string of the molecule is CC1CC(CNC(=O)c2cccc(Cn3cc(-c4cncc(N)c4)nn3)c2)C1. The number of pyridine rings is 1. The van der Waals surface area contributed by atoms with E-state index < -0.39 is 0 Å². The van der Waals surface area contributed by atoms with Crippen molar-refractivity contribution in [1.82, 2.24) is 25.3 Å². The third-order valence-electron chi connectivity index (χ3n) is 5.15. The van der Waals surface area contributed by atoms with Gasteiger partial charge in [-0.3, -0.25) is 9.78 Å². The van der Waals surface area contributed by atoms with Gasteiger partial charge in [-0.1, -0.05) is 24.3 Å². The third kappa shape index (κ3) is 4.19. The Kier molecular flexibility index (Phi) is 5.06. The van der Waals surface area contributed by atoms with Crippen LogP contribution in [-0.2, 0) is 6.54 Å². The maximum atomic E-state index is 12.4. The van der Waals surface area contributed by atoms with Gasteiger partial charge < -0.3 is 11.1 Å². The zero-order chi connectivity index (χ0) is 19.5. The lowest BCUT2D eigenvalue weighted by Crippen LogP contribution is -2.35. The second-order valence-electron chi connectivity index (χ2n) is 7.66. The number of nitrogens with two attached hydrogens (primary N) is 1. The van der Waals surface area contributed by atoms with Crippen LogP contribution in [0.2, 0.25) is 0 Å². The average Bonchev–Trinajstić information content (AvgIpc) is 3.13. The predicted molar refractivity (Wildman–Crippen MR) is 107 cm³/mol. The highest BCUT2D eigenvalue weighted by molar-refractivity contribution is 5.94. The number of hydrogen-bond acceptors (Lipinski definition) is 5. The van der Waals surface area contributed by atoms with Crippen LogP contribution in [0.3, 0.4) is 0 Å². The first kappa shape index (κ1) is 18.2. The number of hydrogen-bond donors (Lipinski definition) is 2. The maximum Gasteiger partial charge on any atom is 0.251 e. The monoisotopic (exact) mass is 376 g/mol. The van der Waals surface area contributed by atoms with Gasteiger partial charge in [0.25, 0.3) is 5.91 Å². The molecule has 1 amide bonds. The summed E-state index contributed by atoms with van der Waals surface area (Å²) in [7, 11) is 0. The van der Waals surface area contributed by atoms with Crippen LogP contribution in [0.25, 0.3) is 11.3 Å². The van der Waals surface area contributed by atoms with Crippen LogP contribution in [0.4, 0.5) is 5.69 Å². The highest BCUT2D eigenvalue weighted by Crippen LogP contribution is 2.32. The quantitative estimate of drug-likeness (QED) is 0.689. The molecule has 1 aliphatic rings. The number of anilines is 1. The summed E-state index contributed by atoms with van der Waals surface area (Å²) in [5.41, 5.74) is 9.56. The summed E-state index contributed by atoms with van der Waals surface area (Å²) in [6.45, 7) is 3.54. The molecule has 144 valence electrons. The van der Waals surface area contributed by atoms with Gasteiger partial charge >= 0.3 is 0 Å². The molecule has 28 heavy (non-hydrogen) atoms. The fourth-order valence-electron chi connectivity index (χ4n) is 3.68. The van der Waals surface area contributed by atoms with Gasteiger partial charge in [-0.15, -0.1) is 5.10 Å². The molecule has 0 saturated heterocycles. The molecule has 0 unspecified atom stereocenters. The van der Waals surface area contributed by atoms with E-state index in [4.69, 9.17) is 5.73 Å². The summed E-state index contributed by atoms with van der Waals surface area (Å²) in [5.74, 6) is 1.39. The molecule has 2 aromatic heterocycles. The summed E-state index contributed by atoms with van der Waals surface area (Å²) < 4.78 is 1.74. The molecular weight excluding hydrogens is 352 g/mol. The second-order valence-corrected chi connectivity index (χ2v) is 7.66. The molecule has 1 aromatic carbocycles. The number of aromatic nitrogens is 4. The fraction of sp³-hybridized carbons (Fsp3) is 0.333. The zero-order valence-corrected chi connectivity index (χ0v) is 15.9. The summed E-state index contributed by atoms with van der Waals surface area (Å²) >= 11 is 0. The van der Waals surface area contributed by atoms with E-state index in [1.54, 1.807) is 17.1 Å². The Morgan fingerprint density at radius 2 is 2.14 bits per heavy atom. The lowest BCUT2D eigenvalue weighted by molar-refractivity contribution is 0.0927. The molecule has 2 heterocycles. The number of rotatable bonds is 6. The average molecular weight is 376 g/mol. The van der Waals surface area contributed by atoms with E-state index in [2.05, 4.69) is 27.5 Å². The number of amides is 1. The number of carbonyl (C=O) groups excluding carboxylic acids is 1. The van der Waals surface area contributed by atoms with E-state index >= 15 is 0 Å². The molecule has 3 aromatic rings. The van der Waals surface area contributed by atoms with E-state index in [1.165, 1.54) is 12.8 Å². The number of nitrogen functional groups attached to an aromatic ring is 1. The first-order valence-electron chi connectivity index (χ1n) is 9.55. The van der Waals surface area contributed by atoms with Gasteiger partial charge in [0.1, 0.15) is 5.69 Å².